The second kappa shape index (κ2) is 6.90. The molecule has 1 unspecified atom stereocenters. The Hall–Kier alpha value is -2.61. The molecule has 3 N–H and O–H groups in total. The molecule has 1 heterocycles. The first-order valence-corrected chi connectivity index (χ1v) is 7.10. The number of thioether (sulfide) groups is 1. The minimum atomic E-state index is -1.06. The van der Waals surface area contributed by atoms with Crippen LogP contribution in [-0.2, 0) is 9.59 Å². The zero-order valence-corrected chi connectivity index (χ0v) is 12.0. The van der Waals surface area contributed by atoms with Gasteiger partial charge in [-0.05, 0) is 6.07 Å². The number of nitrogens with one attached hydrogen (secondary N) is 1. The van der Waals surface area contributed by atoms with Crippen molar-refractivity contribution in [1.29, 1.82) is 0 Å². The summed E-state index contributed by atoms with van der Waals surface area (Å²) < 4.78 is 0. The van der Waals surface area contributed by atoms with E-state index in [0.717, 1.165) is 11.8 Å². The molecule has 0 spiro atoms. The molecular formula is C14H12N2O5S. The Morgan fingerprint density at radius 2 is 2.05 bits per heavy atom. The second-order valence-corrected chi connectivity index (χ2v) is 5.60. The maximum absolute atomic E-state index is 11.5. The van der Waals surface area contributed by atoms with Crippen molar-refractivity contribution in [3.05, 3.63) is 46.6 Å². The molecule has 1 aliphatic rings. The van der Waals surface area contributed by atoms with Crippen LogP contribution in [0.15, 0.2) is 40.5 Å². The molecule has 0 aliphatic carbocycles. The molecule has 1 amide bonds. The van der Waals surface area contributed by atoms with Crippen LogP contribution in [0.3, 0.4) is 0 Å². The molecule has 0 saturated carbocycles. The van der Waals surface area contributed by atoms with Crippen LogP contribution in [0.25, 0.3) is 0 Å². The van der Waals surface area contributed by atoms with Crippen molar-refractivity contribution in [2.24, 2.45) is 4.99 Å². The molecule has 1 fully saturated rings. The summed E-state index contributed by atoms with van der Waals surface area (Å²) in [7, 11) is 0. The van der Waals surface area contributed by atoms with E-state index in [1.54, 1.807) is 18.2 Å². The van der Waals surface area contributed by atoms with Gasteiger partial charge in [-0.3, -0.25) is 14.6 Å². The molecule has 1 saturated heterocycles. The zero-order chi connectivity index (χ0) is 16.1. The summed E-state index contributed by atoms with van der Waals surface area (Å²) in [5.41, 5.74) is 0.555. The van der Waals surface area contributed by atoms with Crippen LogP contribution < -0.4 is 5.32 Å². The number of aliphatic carboxylic acids is 1. The normalized spacial score (nSPS) is 19.5. The Morgan fingerprint density at radius 1 is 1.32 bits per heavy atom. The summed E-state index contributed by atoms with van der Waals surface area (Å²) in [6, 6.07) is 6.38. The van der Waals surface area contributed by atoms with E-state index >= 15 is 0 Å². The average molecular weight is 320 g/mol. The van der Waals surface area contributed by atoms with Gasteiger partial charge in [-0.1, -0.05) is 30.0 Å². The quantitative estimate of drug-likeness (QED) is 0.704. The lowest BCUT2D eigenvalue weighted by molar-refractivity contribution is -0.138. The lowest BCUT2D eigenvalue weighted by Gasteiger charge is -1.99. The number of carboxylic acid groups (broad SMARTS) is 2. The van der Waals surface area contributed by atoms with Crippen LogP contribution in [0, 0.1) is 0 Å². The van der Waals surface area contributed by atoms with Gasteiger partial charge in [0.15, 0.2) is 0 Å². The number of amides is 1. The predicted octanol–water partition coefficient (Wildman–Crippen LogP) is 1.31. The van der Waals surface area contributed by atoms with Gasteiger partial charge in [0.05, 0.1) is 23.2 Å². The summed E-state index contributed by atoms with van der Waals surface area (Å²) in [5.74, 6) is -2.48. The Kier molecular flexibility index (Phi) is 4.95. The van der Waals surface area contributed by atoms with E-state index in [4.69, 9.17) is 10.2 Å². The van der Waals surface area contributed by atoms with Crippen molar-refractivity contribution < 1.29 is 24.6 Å². The standard InChI is InChI=1S/C14H12N2O5S/c17-12(18)5-10-13(19)16-11(22-10)7-15-6-8-3-1-2-4-9(8)14(20)21/h1-4,6-7,10H,5H2,(H,16,19)(H,17,18)(H,20,21)/b11-7+,15-6+. The van der Waals surface area contributed by atoms with Gasteiger partial charge >= 0.3 is 11.9 Å². The number of aliphatic imine (C=N–C) groups is 1. The monoisotopic (exact) mass is 320 g/mol. The van der Waals surface area contributed by atoms with Crippen molar-refractivity contribution in [2.45, 2.75) is 11.7 Å². The number of hydrogen-bond acceptors (Lipinski definition) is 5. The van der Waals surface area contributed by atoms with Crippen molar-refractivity contribution in [1.82, 2.24) is 5.32 Å². The van der Waals surface area contributed by atoms with Gasteiger partial charge < -0.3 is 15.5 Å². The van der Waals surface area contributed by atoms with E-state index in [1.165, 1.54) is 18.5 Å². The van der Waals surface area contributed by atoms with Crippen LogP contribution in [-0.4, -0.2) is 39.5 Å². The van der Waals surface area contributed by atoms with E-state index in [0.29, 0.717) is 10.6 Å². The topological polar surface area (TPSA) is 116 Å². The highest BCUT2D eigenvalue weighted by molar-refractivity contribution is 8.04. The molecule has 8 heteroatoms. The minimum absolute atomic E-state index is 0.122. The zero-order valence-electron chi connectivity index (χ0n) is 11.2. The van der Waals surface area contributed by atoms with Crippen LogP contribution in [0.1, 0.15) is 22.3 Å². The van der Waals surface area contributed by atoms with E-state index in [-0.39, 0.29) is 17.9 Å². The highest BCUT2D eigenvalue weighted by atomic mass is 32.2. The Bertz CT molecular complexity index is 684. The molecule has 0 bridgehead atoms. The Morgan fingerprint density at radius 3 is 2.73 bits per heavy atom. The number of carbonyl (C=O) groups excluding carboxylic acids is 1. The Labute approximate surface area is 129 Å². The fourth-order valence-corrected chi connectivity index (χ4v) is 2.76. The number of rotatable bonds is 5. The fraction of sp³-hybridized carbons (Fsp3) is 0.143. The van der Waals surface area contributed by atoms with Gasteiger partial charge in [0.25, 0.3) is 0 Å². The number of benzene rings is 1. The molecule has 2 rings (SSSR count). The number of hydrogen-bond donors (Lipinski definition) is 3. The average Bonchev–Trinajstić information content (AvgIpc) is 2.78. The first-order valence-electron chi connectivity index (χ1n) is 6.22. The van der Waals surface area contributed by atoms with Crippen molar-refractivity contribution in [2.75, 3.05) is 0 Å². The van der Waals surface area contributed by atoms with Crippen LogP contribution in [0.5, 0.6) is 0 Å². The number of carbonyl (C=O) groups is 3. The van der Waals surface area contributed by atoms with Gasteiger partial charge in [-0.2, -0.15) is 0 Å². The van der Waals surface area contributed by atoms with Gasteiger partial charge in [-0.25, -0.2) is 4.79 Å². The van der Waals surface area contributed by atoms with E-state index < -0.39 is 17.2 Å². The van der Waals surface area contributed by atoms with Gasteiger partial charge in [0, 0.05) is 11.8 Å². The van der Waals surface area contributed by atoms with Crippen molar-refractivity contribution in [3.63, 3.8) is 0 Å². The summed E-state index contributed by atoms with van der Waals surface area (Å²) >= 11 is 1.08. The molecule has 1 atom stereocenters. The predicted molar refractivity (Wildman–Crippen MR) is 80.9 cm³/mol. The third-order valence-electron chi connectivity index (χ3n) is 2.76. The largest absolute Gasteiger partial charge is 0.481 e. The van der Waals surface area contributed by atoms with Gasteiger partial charge in [0.1, 0.15) is 5.25 Å². The second-order valence-electron chi connectivity index (χ2n) is 4.36. The summed E-state index contributed by atoms with van der Waals surface area (Å²) in [6.07, 6.45) is 2.47. The first-order chi connectivity index (χ1) is 10.5. The molecule has 0 aromatic heterocycles. The molecular weight excluding hydrogens is 308 g/mol. The van der Waals surface area contributed by atoms with Crippen LogP contribution >= 0.6 is 11.8 Å². The SMILES string of the molecule is O=C(O)CC1S/C(=C/N=C/c2ccccc2C(=O)O)NC1=O. The molecule has 1 aromatic rings. The van der Waals surface area contributed by atoms with Gasteiger partial charge in [-0.15, -0.1) is 0 Å². The molecule has 22 heavy (non-hydrogen) atoms. The highest BCUT2D eigenvalue weighted by Gasteiger charge is 2.30. The molecule has 1 aromatic carbocycles. The molecule has 1 aliphatic heterocycles. The molecule has 7 nitrogen and oxygen atoms in total. The lowest BCUT2D eigenvalue weighted by atomic mass is 10.1. The summed E-state index contributed by atoms with van der Waals surface area (Å²) in [4.78, 5) is 37.2. The van der Waals surface area contributed by atoms with E-state index in [2.05, 4.69) is 10.3 Å². The van der Waals surface area contributed by atoms with Crippen LogP contribution in [0.2, 0.25) is 0 Å². The summed E-state index contributed by atoms with van der Waals surface area (Å²) in [6.45, 7) is 0. The maximum atomic E-state index is 11.5. The molecule has 114 valence electrons. The fourth-order valence-electron chi connectivity index (χ4n) is 1.78. The first kappa shape index (κ1) is 15.8. The maximum Gasteiger partial charge on any atom is 0.336 e. The minimum Gasteiger partial charge on any atom is -0.481 e. The van der Waals surface area contributed by atoms with E-state index in [9.17, 15) is 14.4 Å². The molecule has 0 radical (unpaired) electrons. The summed E-state index contributed by atoms with van der Waals surface area (Å²) in [5, 5.41) is 20.0. The van der Waals surface area contributed by atoms with E-state index in [1.807, 2.05) is 0 Å². The van der Waals surface area contributed by atoms with Crippen molar-refractivity contribution in [3.8, 4) is 0 Å². The van der Waals surface area contributed by atoms with Crippen LogP contribution in [0.4, 0.5) is 0 Å². The number of nitrogens with zero attached hydrogens (tertiary/aromatic N) is 1. The third kappa shape index (κ3) is 3.95. The van der Waals surface area contributed by atoms with Gasteiger partial charge in [0.2, 0.25) is 5.91 Å². The smallest absolute Gasteiger partial charge is 0.336 e. The Balaban J connectivity index is 2.08. The number of aromatic carboxylic acids is 1. The lowest BCUT2D eigenvalue weighted by Crippen LogP contribution is -2.24. The van der Waals surface area contributed by atoms with Crippen molar-refractivity contribution >= 4 is 35.8 Å². The third-order valence-corrected chi connectivity index (χ3v) is 3.89. The highest BCUT2D eigenvalue weighted by Crippen LogP contribution is 2.28. The number of carboxylic acids is 2.